The Labute approximate surface area is 114 Å². The Morgan fingerprint density at radius 1 is 1.35 bits per heavy atom. The molecule has 2 rings (SSSR count). The van der Waals surface area contributed by atoms with Gasteiger partial charge in [0.15, 0.2) is 5.16 Å². The molecule has 6 nitrogen and oxygen atoms in total. The zero-order chi connectivity index (χ0) is 14.9. The highest BCUT2D eigenvalue weighted by molar-refractivity contribution is 7.99. The van der Waals surface area contributed by atoms with Gasteiger partial charge in [0.1, 0.15) is 11.6 Å². The number of halogens is 2. The van der Waals surface area contributed by atoms with Crippen molar-refractivity contribution in [2.75, 3.05) is 0 Å². The first-order valence-corrected chi connectivity index (χ1v) is 5.98. The quantitative estimate of drug-likeness (QED) is 0.826. The number of H-pyrrole nitrogens is 1. The number of nitriles is 1. The maximum atomic E-state index is 13.7. The Morgan fingerprint density at radius 3 is 2.50 bits per heavy atom. The van der Waals surface area contributed by atoms with Crippen LogP contribution in [0.2, 0.25) is 0 Å². The van der Waals surface area contributed by atoms with E-state index in [1.807, 2.05) is 0 Å². The molecule has 0 aliphatic carbocycles. The van der Waals surface area contributed by atoms with Gasteiger partial charge in [-0.15, -0.1) is 0 Å². The first-order chi connectivity index (χ1) is 9.42. The molecule has 0 spiro atoms. The molecule has 0 amide bonds. The van der Waals surface area contributed by atoms with Gasteiger partial charge < -0.3 is 0 Å². The number of benzene rings is 1. The summed E-state index contributed by atoms with van der Waals surface area (Å²) >= 11 is 0.532. The number of nitrogens with zero attached hydrogens (tertiary/aromatic N) is 3. The molecule has 0 aliphatic rings. The summed E-state index contributed by atoms with van der Waals surface area (Å²) in [6.07, 6.45) is 0. The van der Waals surface area contributed by atoms with Crippen molar-refractivity contribution in [3.63, 3.8) is 0 Å². The average Bonchev–Trinajstić information content (AvgIpc) is 2.39. The van der Waals surface area contributed by atoms with Gasteiger partial charge in [-0.3, -0.25) is 19.4 Å². The molecule has 0 aliphatic heterocycles. The molecule has 1 aromatic carbocycles. The Hall–Kier alpha value is -2.47. The normalized spacial score (nSPS) is 10.3. The van der Waals surface area contributed by atoms with E-state index >= 15 is 0 Å². The summed E-state index contributed by atoms with van der Waals surface area (Å²) in [6.45, 7) is 0. The van der Waals surface area contributed by atoms with Gasteiger partial charge in [0.05, 0.1) is 16.5 Å². The van der Waals surface area contributed by atoms with Crippen LogP contribution in [0.3, 0.4) is 0 Å². The maximum Gasteiger partial charge on any atom is 0.339 e. The molecule has 1 heterocycles. The Balaban J connectivity index is 2.51. The highest BCUT2D eigenvalue weighted by Gasteiger charge is 2.15. The molecule has 1 N–H and O–H groups in total. The van der Waals surface area contributed by atoms with Crippen molar-refractivity contribution in [1.82, 2.24) is 14.8 Å². The van der Waals surface area contributed by atoms with Gasteiger partial charge in [-0.25, -0.2) is 8.78 Å². The minimum absolute atomic E-state index is 0.0860. The number of hydrogen-bond acceptors (Lipinski definition) is 5. The van der Waals surface area contributed by atoms with Crippen molar-refractivity contribution in [3.8, 4) is 6.07 Å². The molecule has 0 radical (unpaired) electrons. The van der Waals surface area contributed by atoms with E-state index in [9.17, 15) is 18.4 Å². The van der Waals surface area contributed by atoms with Crippen LogP contribution < -0.4 is 11.1 Å². The lowest BCUT2D eigenvalue weighted by Crippen LogP contribution is -2.33. The fraction of sp³-hybridized carbons (Fsp3) is 0.0909. The van der Waals surface area contributed by atoms with E-state index < -0.39 is 27.6 Å². The van der Waals surface area contributed by atoms with Gasteiger partial charge in [-0.05, 0) is 23.9 Å². The number of aromatic amines is 1. The van der Waals surface area contributed by atoms with E-state index in [0.29, 0.717) is 11.8 Å². The molecule has 0 fully saturated rings. The zero-order valence-electron chi connectivity index (χ0n) is 9.98. The monoisotopic (exact) mass is 296 g/mol. The summed E-state index contributed by atoms with van der Waals surface area (Å²) in [5, 5.41) is 10.7. The maximum absolute atomic E-state index is 13.7. The van der Waals surface area contributed by atoms with Gasteiger partial charge in [0, 0.05) is 7.05 Å². The molecule has 102 valence electrons. The van der Waals surface area contributed by atoms with Crippen LogP contribution in [0.15, 0.2) is 31.8 Å². The van der Waals surface area contributed by atoms with Crippen LogP contribution in [0.4, 0.5) is 8.78 Å². The zero-order valence-corrected chi connectivity index (χ0v) is 10.8. The molecule has 0 atom stereocenters. The summed E-state index contributed by atoms with van der Waals surface area (Å²) < 4.78 is 28.5. The second-order valence-electron chi connectivity index (χ2n) is 3.68. The molecule has 1 aromatic heterocycles. The molecule has 0 saturated heterocycles. The Kier molecular flexibility index (Phi) is 3.67. The highest BCUT2D eigenvalue weighted by atomic mass is 32.2. The predicted molar refractivity (Wildman–Crippen MR) is 65.3 cm³/mol. The largest absolute Gasteiger partial charge is 0.339 e. The molecular weight excluding hydrogens is 290 g/mol. The van der Waals surface area contributed by atoms with Crippen molar-refractivity contribution >= 4 is 11.8 Å². The first kappa shape index (κ1) is 14.0. The van der Waals surface area contributed by atoms with Crippen molar-refractivity contribution in [2.45, 2.75) is 10.1 Å². The standard InChI is InChI=1S/C11H6F2N4O2S/c1-17-11(15-9(18)10(19)16-17)20-8-6(12)2-5(4-14)3-7(8)13/h2-3H,1H3,(H,16,19). The van der Waals surface area contributed by atoms with Crippen molar-refractivity contribution in [1.29, 1.82) is 5.26 Å². The van der Waals surface area contributed by atoms with Gasteiger partial charge in [0.25, 0.3) is 0 Å². The summed E-state index contributed by atoms with van der Waals surface area (Å²) in [6, 6.07) is 3.36. The topological polar surface area (TPSA) is 91.5 Å². The third-order valence-corrected chi connectivity index (χ3v) is 3.41. The predicted octanol–water partition coefficient (Wildman–Crippen LogP) is 0.770. The highest BCUT2D eigenvalue weighted by Crippen LogP contribution is 2.30. The molecule has 0 unspecified atom stereocenters. The average molecular weight is 296 g/mol. The minimum atomic E-state index is -1.06. The second kappa shape index (κ2) is 5.26. The van der Waals surface area contributed by atoms with Crippen LogP contribution in [-0.4, -0.2) is 14.8 Å². The number of hydrogen-bond donors (Lipinski definition) is 1. The van der Waals surface area contributed by atoms with Crippen LogP contribution in [-0.2, 0) is 7.05 Å². The van der Waals surface area contributed by atoms with Gasteiger partial charge in [-0.1, -0.05) is 0 Å². The van der Waals surface area contributed by atoms with E-state index in [1.54, 1.807) is 6.07 Å². The second-order valence-corrected chi connectivity index (χ2v) is 4.66. The van der Waals surface area contributed by atoms with E-state index in [1.165, 1.54) is 7.05 Å². The summed E-state index contributed by atoms with van der Waals surface area (Å²) in [4.78, 5) is 25.2. The molecule has 0 saturated carbocycles. The van der Waals surface area contributed by atoms with Crippen molar-refractivity contribution < 1.29 is 8.78 Å². The van der Waals surface area contributed by atoms with Crippen LogP contribution >= 0.6 is 11.8 Å². The molecule has 0 bridgehead atoms. The smallest absolute Gasteiger partial charge is 0.265 e. The summed E-state index contributed by atoms with van der Waals surface area (Å²) in [7, 11) is 1.37. The summed E-state index contributed by atoms with van der Waals surface area (Å²) in [5.74, 6) is -1.90. The molecule has 2 aromatic rings. The van der Waals surface area contributed by atoms with Crippen LogP contribution in [0.1, 0.15) is 5.56 Å². The Bertz CT molecular complexity index is 815. The third kappa shape index (κ3) is 2.60. The molecule has 20 heavy (non-hydrogen) atoms. The first-order valence-electron chi connectivity index (χ1n) is 5.16. The minimum Gasteiger partial charge on any atom is -0.265 e. The number of rotatable bonds is 2. The van der Waals surface area contributed by atoms with Gasteiger partial charge in [-0.2, -0.15) is 10.2 Å². The molecule has 9 heteroatoms. The lowest BCUT2D eigenvalue weighted by molar-refractivity contribution is 0.536. The van der Waals surface area contributed by atoms with Crippen LogP contribution in [0.5, 0.6) is 0 Å². The number of nitrogens with one attached hydrogen (secondary N) is 1. The van der Waals surface area contributed by atoms with Gasteiger partial charge in [0.2, 0.25) is 0 Å². The Morgan fingerprint density at radius 2 is 1.95 bits per heavy atom. The van der Waals surface area contributed by atoms with Gasteiger partial charge >= 0.3 is 11.1 Å². The number of aryl methyl sites for hydroxylation is 1. The van der Waals surface area contributed by atoms with E-state index in [4.69, 9.17) is 5.26 Å². The molecular formula is C11H6F2N4O2S. The third-order valence-electron chi connectivity index (χ3n) is 2.27. The van der Waals surface area contributed by atoms with Crippen molar-refractivity contribution in [3.05, 3.63) is 50.0 Å². The van der Waals surface area contributed by atoms with E-state index in [2.05, 4.69) is 10.1 Å². The summed E-state index contributed by atoms with van der Waals surface area (Å²) in [5.41, 5.74) is -2.15. The fourth-order valence-corrected chi connectivity index (χ4v) is 2.17. The lowest BCUT2D eigenvalue weighted by atomic mass is 10.2. The van der Waals surface area contributed by atoms with Crippen LogP contribution in [0, 0.1) is 23.0 Å². The fourth-order valence-electron chi connectivity index (χ4n) is 1.37. The SMILES string of the molecule is Cn1[nH]c(=O)c(=O)nc1Sc1c(F)cc(C#N)cc1F. The number of aromatic nitrogens is 3. The van der Waals surface area contributed by atoms with Crippen molar-refractivity contribution in [2.24, 2.45) is 7.05 Å². The lowest BCUT2D eigenvalue weighted by Gasteiger charge is -2.07. The van der Waals surface area contributed by atoms with Crippen LogP contribution in [0.25, 0.3) is 0 Å². The van der Waals surface area contributed by atoms with E-state index in [0.717, 1.165) is 16.8 Å². The van der Waals surface area contributed by atoms with E-state index in [-0.39, 0.29) is 10.7 Å².